The van der Waals surface area contributed by atoms with E-state index in [1.54, 1.807) is 13.0 Å². The zero-order valence-corrected chi connectivity index (χ0v) is 9.17. The second-order valence-corrected chi connectivity index (χ2v) is 3.90. The van der Waals surface area contributed by atoms with Gasteiger partial charge in [0.05, 0.1) is 11.1 Å². The van der Waals surface area contributed by atoms with Gasteiger partial charge in [0.15, 0.2) is 0 Å². The number of aryl methyl sites for hydroxylation is 1. The van der Waals surface area contributed by atoms with Gasteiger partial charge in [0.1, 0.15) is 5.75 Å². The minimum Gasteiger partial charge on any atom is -0.506 e. The molecular weight excluding hydrogens is 200 g/mol. The maximum Gasteiger partial charge on any atom is 0.137 e. The van der Waals surface area contributed by atoms with Crippen molar-refractivity contribution >= 4 is 11.6 Å². The molecule has 0 amide bonds. The summed E-state index contributed by atoms with van der Waals surface area (Å²) in [6, 6.07) is 3.64. The van der Waals surface area contributed by atoms with Crippen molar-refractivity contribution in [2.75, 3.05) is 0 Å². The summed E-state index contributed by atoms with van der Waals surface area (Å²) in [5, 5.41) is 19.2. The van der Waals surface area contributed by atoms with E-state index in [0.29, 0.717) is 17.0 Å². The van der Waals surface area contributed by atoms with Gasteiger partial charge >= 0.3 is 0 Å². The van der Waals surface area contributed by atoms with E-state index in [-0.39, 0.29) is 5.75 Å². The fourth-order valence-corrected chi connectivity index (χ4v) is 1.66. The molecule has 2 nitrogen and oxygen atoms in total. The molecule has 3 heteroatoms. The van der Waals surface area contributed by atoms with Gasteiger partial charge in [-0.25, -0.2) is 0 Å². The van der Waals surface area contributed by atoms with E-state index in [9.17, 15) is 10.2 Å². The van der Waals surface area contributed by atoms with Gasteiger partial charge < -0.3 is 10.2 Å². The number of aliphatic hydroxyl groups is 1. The molecule has 0 aliphatic heterocycles. The average molecular weight is 215 g/mol. The number of phenolic OH excluding ortho intramolecular Hbond substituents is 1. The predicted octanol–water partition coefficient (Wildman–Crippen LogP) is 2.53. The number of aromatic hydroxyl groups is 1. The molecule has 0 fully saturated rings. The molecule has 14 heavy (non-hydrogen) atoms. The number of hydrogen-bond acceptors (Lipinski definition) is 2. The molecule has 0 saturated heterocycles. The molecule has 1 aromatic carbocycles. The van der Waals surface area contributed by atoms with Gasteiger partial charge in [-0.15, -0.1) is 0 Å². The summed E-state index contributed by atoms with van der Waals surface area (Å²) in [7, 11) is 0. The first-order valence-electron chi connectivity index (χ1n) is 4.73. The highest BCUT2D eigenvalue weighted by Crippen LogP contribution is 2.30. The van der Waals surface area contributed by atoms with Crippen molar-refractivity contribution in [3.63, 3.8) is 0 Å². The van der Waals surface area contributed by atoms with Crippen LogP contribution >= 0.6 is 11.6 Å². The van der Waals surface area contributed by atoms with E-state index in [2.05, 4.69) is 0 Å². The van der Waals surface area contributed by atoms with Gasteiger partial charge in [0.2, 0.25) is 0 Å². The Morgan fingerprint density at radius 3 is 2.57 bits per heavy atom. The van der Waals surface area contributed by atoms with Crippen LogP contribution in [0, 0.1) is 0 Å². The van der Waals surface area contributed by atoms with Gasteiger partial charge in [0.25, 0.3) is 0 Å². The normalized spacial score (nSPS) is 12.9. The molecule has 0 spiro atoms. The van der Waals surface area contributed by atoms with Crippen molar-refractivity contribution in [1.82, 2.24) is 0 Å². The highest BCUT2D eigenvalue weighted by molar-refractivity contribution is 6.32. The minimum absolute atomic E-state index is 0.0877. The molecule has 1 rings (SSSR count). The summed E-state index contributed by atoms with van der Waals surface area (Å²) in [5.41, 5.74) is 1.79. The molecule has 0 bridgehead atoms. The van der Waals surface area contributed by atoms with Crippen LogP contribution in [0.15, 0.2) is 12.1 Å². The number of phenols is 1. The van der Waals surface area contributed by atoms with Crippen LogP contribution in [-0.2, 0) is 12.8 Å². The Kier molecular flexibility index (Phi) is 3.78. The topological polar surface area (TPSA) is 40.5 Å². The van der Waals surface area contributed by atoms with E-state index in [0.717, 1.165) is 12.0 Å². The summed E-state index contributed by atoms with van der Waals surface area (Å²) < 4.78 is 0. The lowest BCUT2D eigenvalue weighted by molar-refractivity contribution is 0.194. The SMILES string of the molecule is CCc1cc(Cl)c(O)c(CC(C)O)c1. The highest BCUT2D eigenvalue weighted by Gasteiger charge is 2.09. The van der Waals surface area contributed by atoms with Crippen LogP contribution < -0.4 is 0 Å². The Hall–Kier alpha value is -0.730. The third kappa shape index (κ3) is 2.63. The van der Waals surface area contributed by atoms with Crippen LogP contribution in [0.1, 0.15) is 25.0 Å². The van der Waals surface area contributed by atoms with E-state index in [1.807, 2.05) is 13.0 Å². The quantitative estimate of drug-likeness (QED) is 0.812. The van der Waals surface area contributed by atoms with Gasteiger partial charge in [0, 0.05) is 6.42 Å². The van der Waals surface area contributed by atoms with E-state index in [4.69, 9.17) is 11.6 Å². The second kappa shape index (κ2) is 4.67. The molecule has 0 aromatic heterocycles. The average Bonchev–Trinajstić information content (AvgIpc) is 2.11. The van der Waals surface area contributed by atoms with Crippen LogP contribution in [0.2, 0.25) is 5.02 Å². The van der Waals surface area contributed by atoms with Crippen LogP contribution in [-0.4, -0.2) is 16.3 Å². The summed E-state index contributed by atoms with van der Waals surface area (Å²) in [6.45, 7) is 3.71. The maximum absolute atomic E-state index is 9.62. The van der Waals surface area contributed by atoms with Crippen molar-refractivity contribution < 1.29 is 10.2 Å². The first kappa shape index (κ1) is 11.3. The smallest absolute Gasteiger partial charge is 0.137 e. The zero-order valence-electron chi connectivity index (χ0n) is 8.42. The molecule has 2 N–H and O–H groups in total. The molecule has 0 radical (unpaired) electrons. The van der Waals surface area contributed by atoms with Crippen molar-refractivity contribution in [2.24, 2.45) is 0 Å². The zero-order chi connectivity index (χ0) is 10.7. The molecule has 1 aromatic rings. The molecule has 0 heterocycles. The molecule has 78 valence electrons. The van der Waals surface area contributed by atoms with Crippen molar-refractivity contribution in [3.05, 3.63) is 28.3 Å². The molecular formula is C11H15ClO2. The lowest BCUT2D eigenvalue weighted by Crippen LogP contribution is -2.05. The Bertz CT molecular complexity index is 321. The summed E-state index contributed by atoms with van der Waals surface area (Å²) in [6.07, 6.45) is 0.829. The second-order valence-electron chi connectivity index (χ2n) is 3.49. The number of halogens is 1. The summed E-state index contributed by atoms with van der Waals surface area (Å²) >= 11 is 5.85. The Balaban J connectivity index is 3.07. The van der Waals surface area contributed by atoms with Gasteiger partial charge in [-0.2, -0.15) is 0 Å². The number of hydrogen-bond donors (Lipinski definition) is 2. The molecule has 0 aliphatic carbocycles. The first-order valence-corrected chi connectivity index (χ1v) is 5.10. The molecule has 0 saturated carbocycles. The summed E-state index contributed by atoms with van der Waals surface area (Å²) in [5.74, 6) is 0.0877. The van der Waals surface area contributed by atoms with Crippen LogP contribution in [0.5, 0.6) is 5.75 Å². The van der Waals surface area contributed by atoms with E-state index < -0.39 is 6.10 Å². The van der Waals surface area contributed by atoms with Crippen molar-refractivity contribution in [1.29, 1.82) is 0 Å². The molecule has 1 atom stereocenters. The predicted molar refractivity (Wildman–Crippen MR) is 57.9 cm³/mol. The van der Waals surface area contributed by atoms with Gasteiger partial charge in [-0.05, 0) is 30.5 Å². The number of aliphatic hydroxyl groups excluding tert-OH is 1. The maximum atomic E-state index is 9.62. The third-order valence-electron chi connectivity index (χ3n) is 2.13. The van der Waals surface area contributed by atoms with Crippen LogP contribution in [0.4, 0.5) is 0 Å². The fourth-order valence-electron chi connectivity index (χ4n) is 1.40. The van der Waals surface area contributed by atoms with Crippen molar-refractivity contribution in [3.8, 4) is 5.75 Å². The standard InChI is InChI=1S/C11H15ClO2/c1-3-8-5-9(4-7(2)13)11(14)10(12)6-8/h5-7,13-14H,3-4H2,1-2H3. The van der Waals surface area contributed by atoms with Crippen LogP contribution in [0.25, 0.3) is 0 Å². The largest absolute Gasteiger partial charge is 0.506 e. The Morgan fingerprint density at radius 1 is 1.43 bits per heavy atom. The molecule has 1 unspecified atom stereocenters. The Morgan fingerprint density at radius 2 is 2.07 bits per heavy atom. The lowest BCUT2D eigenvalue weighted by Gasteiger charge is -2.10. The number of rotatable bonds is 3. The highest BCUT2D eigenvalue weighted by atomic mass is 35.5. The molecule has 0 aliphatic rings. The monoisotopic (exact) mass is 214 g/mol. The fraction of sp³-hybridized carbons (Fsp3) is 0.455. The van der Waals surface area contributed by atoms with Crippen molar-refractivity contribution in [2.45, 2.75) is 32.8 Å². The van der Waals surface area contributed by atoms with Gasteiger partial charge in [-0.1, -0.05) is 24.6 Å². The first-order chi connectivity index (χ1) is 6.54. The van der Waals surface area contributed by atoms with E-state index in [1.165, 1.54) is 0 Å². The lowest BCUT2D eigenvalue weighted by atomic mass is 10.0. The number of benzene rings is 1. The summed E-state index contributed by atoms with van der Waals surface area (Å²) in [4.78, 5) is 0. The van der Waals surface area contributed by atoms with Gasteiger partial charge in [-0.3, -0.25) is 0 Å². The van der Waals surface area contributed by atoms with E-state index >= 15 is 0 Å². The minimum atomic E-state index is -0.468. The van der Waals surface area contributed by atoms with Crippen LogP contribution in [0.3, 0.4) is 0 Å². The third-order valence-corrected chi connectivity index (χ3v) is 2.41. The Labute approximate surface area is 89.1 Å².